The van der Waals surface area contributed by atoms with E-state index >= 15 is 0 Å². The van der Waals surface area contributed by atoms with Crippen molar-refractivity contribution in [1.82, 2.24) is 14.9 Å². The quantitative estimate of drug-likeness (QED) is 0.288. The molecule has 6 nitrogen and oxygen atoms in total. The summed E-state index contributed by atoms with van der Waals surface area (Å²) in [7, 11) is -1.25. The van der Waals surface area contributed by atoms with Gasteiger partial charge in [-0.05, 0) is 38.3 Å². The van der Waals surface area contributed by atoms with E-state index in [1.54, 1.807) is 0 Å². The van der Waals surface area contributed by atoms with Gasteiger partial charge in [-0.3, -0.25) is 0 Å². The summed E-state index contributed by atoms with van der Waals surface area (Å²) in [5, 5.41) is 3.31. The van der Waals surface area contributed by atoms with E-state index in [0.717, 1.165) is 43.0 Å². The zero-order valence-corrected chi connectivity index (χ0v) is 20.3. The van der Waals surface area contributed by atoms with Crippen LogP contribution in [0.5, 0.6) is 0 Å². The number of aliphatic imine (C=N–C) groups is 1. The van der Waals surface area contributed by atoms with Gasteiger partial charge < -0.3 is 10.2 Å². The van der Waals surface area contributed by atoms with Gasteiger partial charge in [0.15, 0.2) is 5.96 Å². The maximum absolute atomic E-state index is 12.0. The lowest BCUT2D eigenvalue weighted by Gasteiger charge is -2.21. The zero-order chi connectivity index (χ0) is 19.6. The fourth-order valence-electron chi connectivity index (χ4n) is 2.50. The molecule has 1 aromatic carbocycles. The topological polar surface area (TPSA) is 73.8 Å². The number of nitrogens with one attached hydrogen (secondary N) is 2. The highest BCUT2D eigenvalue weighted by molar-refractivity contribution is 14.0. The van der Waals surface area contributed by atoms with Crippen LogP contribution in [-0.4, -0.2) is 45.5 Å². The summed E-state index contributed by atoms with van der Waals surface area (Å²) in [6.45, 7) is 10.2. The molecule has 0 aromatic heterocycles. The van der Waals surface area contributed by atoms with Crippen molar-refractivity contribution in [3.05, 3.63) is 35.4 Å². The Hall–Kier alpha value is -0.870. The molecule has 0 radical (unpaired) electrons. The number of rotatable bonds is 10. The second kappa shape index (κ2) is 13.3. The molecule has 0 saturated heterocycles. The Bertz CT molecular complexity index is 661. The molecule has 27 heavy (non-hydrogen) atoms. The number of nitrogens with zero attached hydrogens (tertiary/aromatic N) is 2. The largest absolute Gasteiger partial charge is 0.357 e. The number of hydrogen-bond donors (Lipinski definition) is 2. The first-order valence-corrected chi connectivity index (χ1v) is 11.0. The highest BCUT2D eigenvalue weighted by Gasteiger charge is 2.12. The average molecular weight is 510 g/mol. The van der Waals surface area contributed by atoms with Crippen molar-refractivity contribution in [3.63, 3.8) is 0 Å². The molecule has 8 heteroatoms. The smallest absolute Gasteiger partial charge is 0.216 e. The summed E-state index contributed by atoms with van der Waals surface area (Å²) < 4.78 is 26.6. The van der Waals surface area contributed by atoms with Crippen LogP contribution in [0.25, 0.3) is 0 Å². The molecule has 0 atom stereocenters. The van der Waals surface area contributed by atoms with Gasteiger partial charge in [-0.15, -0.1) is 24.0 Å². The van der Waals surface area contributed by atoms with Crippen molar-refractivity contribution in [3.8, 4) is 0 Å². The Morgan fingerprint density at radius 2 is 1.74 bits per heavy atom. The van der Waals surface area contributed by atoms with Gasteiger partial charge in [0.2, 0.25) is 10.0 Å². The first-order valence-electron chi connectivity index (χ1n) is 9.34. The van der Waals surface area contributed by atoms with E-state index in [4.69, 9.17) is 0 Å². The number of benzene rings is 1. The van der Waals surface area contributed by atoms with Crippen LogP contribution < -0.4 is 10.0 Å². The van der Waals surface area contributed by atoms with Gasteiger partial charge in [-0.25, -0.2) is 18.1 Å². The van der Waals surface area contributed by atoms with Gasteiger partial charge >= 0.3 is 0 Å². The van der Waals surface area contributed by atoms with Crippen molar-refractivity contribution in [2.45, 2.75) is 58.9 Å². The first-order chi connectivity index (χ1) is 12.3. The lowest BCUT2D eigenvalue weighted by atomic mass is 10.1. The Morgan fingerprint density at radius 3 is 2.26 bits per heavy atom. The number of hydrogen-bond acceptors (Lipinski definition) is 3. The summed E-state index contributed by atoms with van der Waals surface area (Å²) in [6, 6.07) is 7.51. The van der Waals surface area contributed by atoms with Crippen LogP contribution in [-0.2, 0) is 22.3 Å². The highest BCUT2D eigenvalue weighted by atomic mass is 127. The molecule has 1 aromatic rings. The van der Waals surface area contributed by atoms with Crippen molar-refractivity contribution in [2.75, 3.05) is 20.1 Å². The van der Waals surface area contributed by atoms with Gasteiger partial charge in [-0.1, -0.05) is 37.6 Å². The fourth-order valence-corrected chi connectivity index (χ4v) is 3.93. The zero-order valence-electron chi connectivity index (χ0n) is 17.2. The van der Waals surface area contributed by atoms with E-state index in [1.807, 2.05) is 45.2 Å². The molecule has 2 N–H and O–H groups in total. The molecule has 1 rings (SSSR count). The molecule has 0 fully saturated rings. The maximum atomic E-state index is 12.0. The Kier molecular flexibility index (Phi) is 12.9. The van der Waals surface area contributed by atoms with Gasteiger partial charge in [0, 0.05) is 26.2 Å². The third kappa shape index (κ3) is 10.9. The molecule has 0 aliphatic heterocycles. The normalized spacial score (nSPS) is 12.0. The van der Waals surface area contributed by atoms with Crippen molar-refractivity contribution in [2.24, 2.45) is 4.99 Å². The van der Waals surface area contributed by atoms with Crippen LogP contribution in [0.1, 0.15) is 51.7 Å². The minimum Gasteiger partial charge on any atom is -0.357 e. The van der Waals surface area contributed by atoms with Crippen molar-refractivity contribution >= 4 is 40.0 Å². The average Bonchev–Trinajstić information content (AvgIpc) is 2.56. The van der Waals surface area contributed by atoms with E-state index < -0.39 is 10.0 Å². The minimum atomic E-state index is -3.29. The number of sulfonamides is 1. The highest BCUT2D eigenvalue weighted by Crippen LogP contribution is 2.09. The first kappa shape index (κ1) is 26.1. The van der Waals surface area contributed by atoms with Crippen LogP contribution >= 0.6 is 24.0 Å². The molecule has 0 spiro atoms. The molecular weight excluding hydrogens is 475 g/mol. The van der Waals surface area contributed by atoms with Gasteiger partial charge in [-0.2, -0.15) is 0 Å². The SMILES string of the molecule is CCCCN(C)C(=NCc1ccc(CS(=O)(=O)NC(C)C)cc1)NCC.I. The van der Waals surface area contributed by atoms with E-state index in [2.05, 4.69) is 33.8 Å². The maximum Gasteiger partial charge on any atom is 0.216 e. The number of unbranched alkanes of at least 4 members (excludes halogenated alkanes) is 1. The monoisotopic (exact) mass is 510 g/mol. The molecule has 0 saturated carbocycles. The standard InChI is InChI=1S/C19H34N4O2S.HI/c1-6-8-13-23(5)19(20-7-2)21-14-17-9-11-18(12-10-17)15-26(24,25)22-16(3)4;/h9-12,16,22H,6-8,13-15H2,1-5H3,(H,20,21);1H. The lowest BCUT2D eigenvalue weighted by molar-refractivity contribution is 0.465. The van der Waals surface area contributed by atoms with E-state index in [-0.39, 0.29) is 35.8 Å². The molecule has 0 amide bonds. The van der Waals surface area contributed by atoms with E-state index in [1.165, 1.54) is 0 Å². The van der Waals surface area contributed by atoms with Crippen LogP contribution in [0, 0.1) is 0 Å². The van der Waals surface area contributed by atoms with Crippen LogP contribution in [0.4, 0.5) is 0 Å². The second-order valence-electron chi connectivity index (χ2n) is 6.79. The van der Waals surface area contributed by atoms with Crippen molar-refractivity contribution in [1.29, 1.82) is 0 Å². The van der Waals surface area contributed by atoms with Crippen LogP contribution in [0.2, 0.25) is 0 Å². The predicted molar refractivity (Wildman–Crippen MR) is 125 cm³/mol. The van der Waals surface area contributed by atoms with E-state index in [9.17, 15) is 8.42 Å². The second-order valence-corrected chi connectivity index (χ2v) is 8.55. The Balaban J connectivity index is 0.00000676. The van der Waals surface area contributed by atoms with Gasteiger partial charge in [0.05, 0.1) is 12.3 Å². The third-order valence-corrected chi connectivity index (χ3v) is 5.29. The summed E-state index contributed by atoms with van der Waals surface area (Å²) >= 11 is 0. The molecular formula is C19H35IN4O2S. The molecule has 0 unspecified atom stereocenters. The molecule has 0 heterocycles. The number of halogens is 1. The summed E-state index contributed by atoms with van der Waals surface area (Å²) in [5.41, 5.74) is 1.83. The molecule has 156 valence electrons. The predicted octanol–water partition coefficient (Wildman–Crippen LogP) is 3.33. The van der Waals surface area contributed by atoms with Crippen LogP contribution in [0.15, 0.2) is 29.3 Å². The summed E-state index contributed by atoms with van der Waals surface area (Å²) in [6.07, 6.45) is 2.29. The summed E-state index contributed by atoms with van der Waals surface area (Å²) in [4.78, 5) is 6.83. The van der Waals surface area contributed by atoms with Crippen molar-refractivity contribution < 1.29 is 8.42 Å². The summed E-state index contributed by atoms with van der Waals surface area (Å²) in [5.74, 6) is 0.894. The fraction of sp³-hybridized carbons (Fsp3) is 0.632. The number of guanidine groups is 1. The van der Waals surface area contributed by atoms with Gasteiger partial charge in [0.25, 0.3) is 0 Å². The van der Waals surface area contributed by atoms with E-state index in [0.29, 0.717) is 6.54 Å². The lowest BCUT2D eigenvalue weighted by Crippen LogP contribution is -2.39. The molecule has 0 bridgehead atoms. The molecule has 0 aliphatic carbocycles. The van der Waals surface area contributed by atoms with Crippen LogP contribution in [0.3, 0.4) is 0 Å². The van der Waals surface area contributed by atoms with Gasteiger partial charge in [0.1, 0.15) is 0 Å². The Labute approximate surface area is 182 Å². The third-order valence-electron chi connectivity index (χ3n) is 3.75. The minimum absolute atomic E-state index is 0. The Morgan fingerprint density at radius 1 is 1.15 bits per heavy atom. The molecule has 0 aliphatic rings.